The van der Waals surface area contributed by atoms with E-state index in [0.29, 0.717) is 18.9 Å². The first-order valence-electron chi connectivity index (χ1n) is 9.77. The van der Waals surface area contributed by atoms with Crippen molar-refractivity contribution in [2.45, 2.75) is 63.3 Å². The van der Waals surface area contributed by atoms with Gasteiger partial charge in [-0.15, -0.1) is 12.4 Å². The number of halogens is 1. The van der Waals surface area contributed by atoms with Crippen LogP contribution >= 0.6 is 12.4 Å². The highest BCUT2D eigenvalue weighted by molar-refractivity contribution is 5.85. The van der Waals surface area contributed by atoms with E-state index in [1.165, 1.54) is 36.8 Å². The molecule has 3 rings (SSSR count). The highest BCUT2D eigenvalue weighted by atomic mass is 35.5. The first kappa shape index (κ1) is 21.2. The number of amides is 1. The minimum Gasteiger partial charge on any atom is -0.378 e. The first-order valence-corrected chi connectivity index (χ1v) is 9.77. The monoisotopic (exact) mass is 380 g/mol. The molecule has 1 heterocycles. The van der Waals surface area contributed by atoms with Gasteiger partial charge in [0.2, 0.25) is 5.91 Å². The summed E-state index contributed by atoms with van der Waals surface area (Å²) >= 11 is 0. The van der Waals surface area contributed by atoms with Crippen LogP contribution in [0.5, 0.6) is 0 Å². The number of carbonyl (C=O) groups is 1. The molecule has 1 saturated heterocycles. The average Bonchev–Trinajstić information content (AvgIpc) is 3.11. The Labute approximate surface area is 163 Å². The van der Waals surface area contributed by atoms with Crippen molar-refractivity contribution in [2.75, 3.05) is 26.3 Å². The van der Waals surface area contributed by atoms with Crippen molar-refractivity contribution < 1.29 is 9.53 Å². The molecule has 2 fully saturated rings. The van der Waals surface area contributed by atoms with Crippen LogP contribution in [0.3, 0.4) is 0 Å². The quantitative estimate of drug-likeness (QED) is 0.793. The zero-order chi connectivity index (χ0) is 17.7. The fourth-order valence-electron chi connectivity index (χ4n) is 4.16. The fourth-order valence-corrected chi connectivity index (χ4v) is 4.16. The molecule has 2 N–H and O–H groups in total. The van der Waals surface area contributed by atoms with Gasteiger partial charge in [0.25, 0.3) is 0 Å². The van der Waals surface area contributed by atoms with Gasteiger partial charge in [0, 0.05) is 31.0 Å². The summed E-state index contributed by atoms with van der Waals surface area (Å²) in [7, 11) is 0. The lowest BCUT2D eigenvalue weighted by atomic mass is 9.78. The van der Waals surface area contributed by atoms with Gasteiger partial charge in [0.15, 0.2) is 0 Å². The molecule has 1 atom stereocenters. The van der Waals surface area contributed by atoms with E-state index in [4.69, 9.17) is 4.74 Å². The third-order valence-electron chi connectivity index (χ3n) is 5.80. The van der Waals surface area contributed by atoms with E-state index in [1.807, 2.05) is 0 Å². The van der Waals surface area contributed by atoms with Gasteiger partial charge >= 0.3 is 0 Å². The molecule has 0 aromatic heterocycles. The molecule has 1 aliphatic carbocycles. The molecule has 0 spiro atoms. The predicted octanol–water partition coefficient (Wildman–Crippen LogP) is 3.54. The number of benzene rings is 1. The number of ether oxygens (including phenoxy) is 1. The van der Waals surface area contributed by atoms with E-state index in [-0.39, 0.29) is 29.8 Å². The van der Waals surface area contributed by atoms with Crippen molar-refractivity contribution in [3.05, 3.63) is 35.4 Å². The summed E-state index contributed by atoms with van der Waals surface area (Å²) in [6, 6.07) is 9.22. The molecule has 26 heavy (non-hydrogen) atoms. The van der Waals surface area contributed by atoms with Crippen LogP contribution in [0.1, 0.15) is 63.0 Å². The van der Waals surface area contributed by atoms with Crippen molar-refractivity contribution >= 4 is 18.3 Å². The normalized spacial score (nSPS) is 22.0. The zero-order valence-electron chi connectivity index (χ0n) is 16.1. The molecule has 1 amide bonds. The van der Waals surface area contributed by atoms with Crippen LogP contribution in [0.25, 0.3) is 0 Å². The van der Waals surface area contributed by atoms with E-state index < -0.39 is 0 Å². The Bertz CT molecular complexity index is 562. The zero-order valence-corrected chi connectivity index (χ0v) is 16.9. The van der Waals surface area contributed by atoms with E-state index in [9.17, 15) is 4.79 Å². The summed E-state index contributed by atoms with van der Waals surface area (Å²) in [6.07, 6.45) is 5.33. The van der Waals surface area contributed by atoms with Gasteiger partial charge in [-0.05, 0) is 29.9 Å². The van der Waals surface area contributed by atoms with Gasteiger partial charge in [-0.3, -0.25) is 4.79 Å². The molecule has 0 radical (unpaired) electrons. The molecule has 1 aromatic carbocycles. The second-order valence-corrected chi connectivity index (χ2v) is 7.97. The van der Waals surface area contributed by atoms with E-state index in [2.05, 4.69) is 48.7 Å². The smallest absolute Gasteiger partial charge is 0.221 e. The average molecular weight is 381 g/mol. The van der Waals surface area contributed by atoms with Crippen LogP contribution < -0.4 is 10.6 Å². The maximum absolute atomic E-state index is 12.4. The molecule has 146 valence electrons. The highest BCUT2D eigenvalue weighted by Crippen LogP contribution is 2.41. The van der Waals surface area contributed by atoms with E-state index in [0.717, 1.165) is 19.7 Å². The number of nitrogens with one attached hydrogen (secondary N) is 2. The Morgan fingerprint density at radius 1 is 1.27 bits per heavy atom. The van der Waals surface area contributed by atoms with Crippen LogP contribution in [-0.4, -0.2) is 38.3 Å². The molecule has 1 aromatic rings. The Balaban J connectivity index is 0.00000243. The predicted molar refractivity (Wildman–Crippen MR) is 108 cm³/mol. The lowest BCUT2D eigenvalue weighted by molar-refractivity contribution is -0.122. The van der Waals surface area contributed by atoms with Gasteiger partial charge in [-0.25, -0.2) is 0 Å². The second kappa shape index (κ2) is 9.72. The Morgan fingerprint density at radius 3 is 2.54 bits per heavy atom. The summed E-state index contributed by atoms with van der Waals surface area (Å²) < 4.78 is 5.44. The first-order chi connectivity index (χ1) is 12.1. The molecule has 4 nitrogen and oxygen atoms in total. The summed E-state index contributed by atoms with van der Waals surface area (Å²) in [5.41, 5.74) is 2.87. The number of hydrogen-bond acceptors (Lipinski definition) is 3. The highest BCUT2D eigenvalue weighted by Gasteiger charge is 2.36. The van der Waals surface area contributed by atoms with Crippen LogP contribution in [-0.2, 0) is 14.9 Å². The third kappa shape index (κ3) is 5.21. The summed E-state index contributed by atoms with van der Waals surface area (Å²) in [4.78, 5) is 12.4. The Hall–Kier alpha value is -1.10. The molecule has 1 aliphatic heterocycles. The number of hydrogen-bond donors (Lipinski definition) is 2. The number of morpholine rings is 1. The van der Waals surface area contributed by atoms with E-state index >= 15 is 0 Å². The Kier molecular flexibility index (Phi) is 7.93. The van der Waals surface area contributed by atoms with Gasteiger partial charge in [0.1, 0.15) is 0 Å². The minimum absolute atomic E-state index is 0. The lowest BCUT2D eigenvalue weighted by Gasteiger charge is -2.31. The van der Waals surface area contributed by atoms with Crippen molar-refractivity contribution in [2.24, 2.45) is 0 Å². The van der Waals surface area contributed by atoms with Gasteiger partial charge in [-0.2, -0.15) is 0 Å². The largest absolute Gasteiger partial charge is 0.378 e. The maximum atomic E-state index is 12.4. The minimum atomic E-state index is 0. The Morgan fingerprint density at radius 2 is 1.96 bits per heavy atom. The van der Waals surface area contributed by atoms with Crippen molar-refractivity contribution in [3.63, 3.8) is 0 Å². The SMILES string of the molecule is CC(C)c1ccc(C2(CNC(=O)CC3COCCN3)CCCC2)cc1.Cl. The maximum Gasteiger partial charge on any atom is 0.221 e. The van der Waals surface area contributed by atoms with Crippen LogP contribution in [0.15, 0.2) is 24.3 Å². The molecule has 5 heteroatoms. The summed E-state index contributed by atoms with van der Waals surface area (Å²) in [5, 5.41) is 6.56. The summed E-state index contributed by atoms with van der Waals surface area (Å²) in [6.45, 7) is 7.42. The fraction of sp³-hybridized carbons (Fsp3) is 0.667. The van der Waals surface area contributed by atoms with Crippen molar-refractivity contribution in [3.8, 4) is 0 Å². The standard InChI is InChI=1S/C21H32N2O2.ClH/c1-16(2)17-5-7-18(8-6-17)21(9-3-4-10-21)15-23-20(24)13-19-14-25-12-11-22-19;/h5-8,16,19,22H,3-4,9-15H2,1-2H3,(H,23,24);1H. The molecule has 0 bridgehead atoms. The van der Waals surface area contributed by atoms with Crippen molar-refractivity contribution in [1.29, 1.82) is 0 Å². The molecule has 1 unspecified atom stereocenters. The van der Waals surface area contributed by atoms with Crippen LogP contribution in [0.2, 0.25) is 0 Å². The molecular weight excluding hydrogens is 348 g/mol. The van der Waals surface area contributed by atoms with E-state index in [1.54, 1.807) is 0 Å². The molecule has 1 saturated carbocycles. The molecular formula is C21H33ClN2O2. The lowest BCUT2D eigenvalue weighted by Crippen LogP contribution is -2.46. The van der Waals surface area contributed by atoms with Gasteiger partial charge in [0.05, 0.1) is 13.2 Å². The number of carbonyl (C=O) groups excluding carboxylic acids is 1. The van der Waals surface area contributed by atoms with Crippen LogP contribution in [0.4, 0.5) is 0 Å². The van der Waals surface area contributed by atoms with Gasteiger partial charge < -0.3 is 15.4 Å². The summed E-state index contributed by atoms with van der Waals surface area (Å²) in [5.74, 6) is 0.687. The van der Waals surface area contributed by atoms with Gasteiger partial charge in [-0.1, -0.05) is 51.0 Å². The van der Waals surface area contributed by atoms with Crippen molar-refractivity contribution in [1.82, 2.24) is 10.6 Å². The topological polar surface area (TPSA) is 50.4 Å². The van der Waals surface area contributed by atoms with Crippen LogP contribution in [0, 0.1) is 0 Å². The molecule has 2 aliphatic rings. The second-order valence-electron chi connectivity index (χ2n) is 7.97. The number of rotatable bonds is 6. The third-order valence-corrected chi connectivity index (χ3v) is 5.80.